The van der Waals surface area contributed by atoms with E-state index in [0.29, 0.717) is 0 Å². The molecule has 1 unspecified atom stereocenters. The van der Waals surface area contributed by atoms with E-state index in [1.54, 1.807) is 11.3 Å². The molecule has 21 heavy (non-hydrogen) atoms. The highest BCUT2D eigenvalue weighted by Gasteiger charge is 2.28. The average Bonchev–Trinajstić information content (AvgIpc) is 3.17. The van der Waals surface area contributed by atoms with Crippen molar-refractivity contribution in [1.82, 2.24) is 14.9 Å². The first-order valence-electron chi connectivity index (χ1n) is 7.50. The van der Waals surface area contributed by atoms with Crippen LogP contribution in [0.15, 0.2) is 29.9 Å². The van der Waals surface area contributed by atoms with E-state index in [1.807, 2.05) is 19.4 Å². The second-order valence-electron chi connectivity index (χ2n) is 5.59. The number of aryl methyl sites for hydroxylation is 1. The number of hydrogen-bond donors (Lipinski definition) is 2. The maximum atomic E-state index is 9.75. The zero-order valence-electron chi connectivity index (χ0n) is 13.0. The Morgan fingerprint density at radius 2 is 2.19 bits per heavy atom. The summed E-state index contributed by atoms with van der Waals surface area (Å²) in [7, 11) is 2.02. The summed E-state index contributed by atoms with van der Waals surface area (Å²) in [5.41, 5.74) is -0.0549. The number of imidazole rings is 1. The lowest BCUT2D eigenvalue weighted by atomic mass is 9.83. The first-order valence-corrected chi connectivity index (χ1v) is 8.38. The minimum absolute atomic E-state index is 0.0549. The van der Waals surface area contributed by atoms with Gasteiger partial charge in [0.05, 0.1) is 0 Å². The van der Waals surface area contributed by atoms with Gasteiger partial charge in [0, 0.05) is 42.9 Å². The highest BCUT2D eigenvalue weighted by molar-refractivity contribution is 7.10. The van der Waals surface area contributed by atoms with Crippen LogP contribution in [0.2, 0.25) is 0 Å². The Bertz CT molecular complexity index is 523. The summed E-state index contributed by atoms with van der Waals surface area (Å²) in [6, 6.07) is 4.28. The summed E-state index contributed by atoms with van der Waals surface area (Å²) < 4.78 is 2.05. The van der Waals surface area contributed by atoms with Gasteiger partial charge in [-0.15, -0.1) is 11.3 Å². The fraction of sp³-hybridized carbons (Fsp3) is 0.562. The van der Waals surface area contributed by atoms with Gasteiger partial charge >= 0.3 is 0 Å². The molecule has 0 bridgehead atoms. The molecule has 0 aliphatic rings. The summed E-state index contributed by atoms with van der Waals surface area (Å²) in [6.45, 7) is 5.28. The Labute approximate surface area is 130 Å². The molecule has 4 nitrogen and oxygen atoms in total. The topological polar surface area (TPSA) is 50.1 Å². The number of thiophene rings is 1. The molecular weight excluding hydrogens is 282 g/mol. The molecule has 0 aromatic carbocycles. The highest BCUT2D eigenvalue weighted by Crippen LogP contribution is 2.29. The molecule has 0 saturated heterocycles. The number of nitrogens with zero attached hydrogens (tertiary/aromatic N) is 2. The van der Waals surface area contributed by atoms with E-state index in [-0.39, 0.29) is 18.1 Å². The molecule has 5 heteroatoms. The van der Waals surface area contributed by atoms with Crippen LogP contribution in [-0.2, 0) is 7.05 Å². The van der Waals surface area contributed by atoms with Gasteiger partial charge in [-0.1, -0.05) is 19.9 Å². The van der Waals surface area contributed by atoms with Gasteiger partial charge in [-0.3, -0.25) is 0 Å². The summed E-state index contributed by atoms with van der Waals surface area (Å²) in [4.78, 5) is 5.75. The van der Waals surface area contributed by atoms with Crippen LogP contribution in [0.4, 0.5) is 0 Å². The van der Waals surface area contributed by atoms with Crippen LogP contribution in [0, 0.1) is 5.41 Å². The smallest absolute Gasteiger partial charge is 0.131 e. The number of aliphatic hydroxyl groups excluding tert-OH is 1. The van der Waals surface area contributed by atoms with Crippen molar-refractivity contribution in [2.24, 2.45) is 12.5 Å². The van der Waals surface area contributed by atoms with Crippen molar-refractivity contribution in [2.45, 2.75) is 32.7 Å². The lowest BCUT2D eigenvalue weighted by Crippen LogP contribution is -2.39. The van der Waals surface area contributed by atoms with E-state index in [2.05, 4.69) is 46.2 Å². The first kappa shape index (κ1) is 16.2. The third kappa shape index (κ3) is 3.54. The van der Waals surface area contributed by atoms with Gasteiger partial charge in [-0.2, -0.15) is 0 Å². The molecule has 1 atom stereocenters. The normalized spacial score (nSPS) is 13.5. The van der Waals surface area contributed by atoms with Crippen LogP contribution in [0.25, 0.3) is 0 Å². The molecular formula is C16H25N3OS. The largest absolute Gasteiger partial charge is 0.396 e. The molecule has 0 radical (unpaired) electrons. The molecule has 0 amide bonds. The van der Waals surface area contributed by atoms with Crippen molar-refractivity contribution in [1.29, 1.82) is 0 Å². The highest BCUT2D eigenvalue weighted by atomic mass is 32.1. The summed E-state index contributed by atoms with van der Waals surface area (Å²) >= 11 is 1.73. The number of hydrogen-bond acceptors (Lipinski definition) is 4. The Kier molecular flexibility index (Phi) is 5.56. The third-order valence-corrected chi connectivity index (χ3v) is 5.40. The van der Waals surface area contributed by atoms with Gasteiger partial charge < -0.3 is 15.0 Å². The Morgan fingerprint density at radius 1 is 1.43 bits per heavy atom. The van der Waals surface area contributed by atoms with Crippen LogP contribution in [0.5, 0.6) is 0 Å². The van der Waals surface area contributed by atoms with Crippen LogP contribution in [0.3, 0.4) is 0 Å². The SMILES string of the molecule is CCC(CC)(CO)CNC(c1cccs1)c1nccn1C. The van der Waals surface area contributed by atoms with Gasteiger partial charge in [0.2, 0.25) is 0 Å². The van der Waals surface area contributed by atoms with E-state index in [0.717, 1.165) is 25.2 Å². The van der Waals surface area contributed by atoms with Crippen molar-refractivity contribution in [3.8, 4) is 0 Å². The van der Waals surface area contributed by atoms with Gasteiger partial charge in [-0.25, -0.2) is 4.98 Å². The lowest BCUT2D eigenvalue weighted by molar-refractivity contribution is 0.111. The maximum Gasteiger partial charge on any atom is 0.131 e. The standard InChI is InChI=1S/C16H25N3OS/c1-4-16(5-2,12-20)11-18-14(13-7-6-10-21-13)15-17-8-9-19(15)3/h6-10,14,18,20H,4-5,11-12H2,1-3H3. The number of aliphatic hydroxyl groups is 1. The molecule has 2 aromatic rings. The van der Waals surface area contributed by atoms with E-state index in [9.17, 15) is 5.11 Å². The average molecular weight is 307 g/mol. The zero-order valence-corrected chi connectivity index (χ0v) is 13.9. The minimum Gasteiger partial charge on any atom is -0.396 e. The summed E-state index contributed by atoms with van der Waals surface area (Å²) in [5, 5.41) is 15.5. The monoisotopic (exact) mass is 307 g/mol. The fourth-order valence-electron chi connectivity index (χ4n) is 2.53. The van der Waals surface area contributed by atoms with Gasteiger partial charge in [0.1, 0.15) is 11.9 Å². The molecule has 2 N–H and O–H groups in total. The predicted molar refractivity (Wildman–Crippen MR) is 87.5 cm³/mol. The molecule has 2 aromatic heterocycles. The van der Waals surface area contributed by atoms with E-state index < -0.39 is 0 Å². The summed E-state index contributed by atoms with van der Waals surface area (Å²) in [6.07, 6.45) is 5.72. The maximum absolute atomic E-state index is 9.75. The fourth-order valence-corrected chi connectivity index (χ4v) is 3.32. The molecule has 2 rings (SSSR count). The molecule has 0 saturated carbocycles. The van der Waals surface area contributed by atoms with Gasteiger partial charge in [0.25, 0.3) is 0 Å². The van der Waals surface area contributed by atoms with E-state index >= 15 is 0 Å². The molecule has 0 aliphatic heterocycles. The molecule has 2 heterocycles. The number of aromatic nitrogens is 2. The molecule has 0 fully saturated rings. The van der Waals surface area contributed by atoms with Crippen molar-refractivity contribution >= 4 is 11.3 Å². The Morgan fingerprint density at radius 3 is 2.67 bits per heavy atom. The van der Waals surface area contributed by atoms with E-state index in [4.69, 9.17) is 0 Å². The Balaban J connectivity index is 2.20. The number of rotatable bonds is 8. The lowest BCUT2D eigenvalue weighted by Gasteiger charge is -2.31. The van der Waals surface area contributed by atoms with Crippen LogP contribution < -0.4 is 5.32 Å². The predicted octanol–water partition coefficient (Wildman–Crippen LogP) is 2.96. The molecule has 0 aliphatic carbocycles. The van der Waals surface area contributed by atoms with Crippen LogP contribution in [-0.4, -0.2) is 27.8 Å². The third-order valence-electron chi connectivity index (χ3n) is 4.46. The van der Waals surface area contributed by atoms with Crippen molar-refractivity contribution in [3.63, 3.8) is 0 Å². The van der Waals surface area contributed by atoms with Crippen molar-refractivity contribution < 1.29 is 5.11 Å². The van der Waals surface area contributed by atoms with Crippen LogP contribution in [0.1, 0.15) is 43.4 Å². The van der Waals surface area contributed by atoms with Gasteiger partial charge in [-0.05, 0) is 24.3 Å². The quantitative estimate of drug-likeness (QED) is 0.788. The number of nitrogens with one attached hydrogen (secondary N) is 1. The molecule has 0 spiro atoms. The van der Waals surface area contributed by atoms with E-state index in [1.165, 1.54) is 4.88 Å². The second-order valence-corrected chi connectivity index (χ2v) is 6.57. The Hall–Kier alpha value is -1.17. The second kappa shape index (κ2) is 7.20. The zero-order chi connectivity index (χ0) is 15.3. The first-order chi connectivity index (χ1) is 10.2. The minimum atomic E-state index is -0.0549. The van der Waals surface area contributed by atoms with Crippen LogP contribution >= 0.6 is 11.3 Å². The molecule has 116 valence electrons. The van der Waals surface area contributed by atoms with Gasteiger partial charge in [0.15, 0.2) is 0 Å². The summed E-state index contributed by atoms with van der Waals surface area (Å²) in [5.74, 6) is 1.01. The van der Waals surface area contributed by atoms with Crippen molar-refractivity contribution in [2.75, 3.05) is 13.2 Å². The van der Waals surface area contributed by atoms with Crippen molar-refractivity contribution in [3.05, 3.63) is 40.6 Å².